The second-order valence-electron chi connectivity index (χ2n) is 5.59. The second-order valence-corrected chi connectivity index (χ2v) is 5.59. The summed E-state index contributed by atoms with van der Waals surface area (Å²) in [5, 5.41) is 10.1. The van der Waals surface area contributed by atoms with Gasteiger partial charge in [-0.15, -0.1) is 0 Å². The Kier molecular flexibility index (Phi) is 1.57. The van der Waals surface area contributed by atoms with Gasteiger partial charge in [0.05, 0.1) is 5.60 Å². The van der Waals surface area contributed by atoms with Gasteiger partial charge in [-0.05, 0) is 55.9 Å². The van der Waals surface area contributed by atoms with Crippen LogP contribution in [-0.2, 0) is 0 Å². The molecule has 3 aliphatic carbocycles. The monoisotopic (exact) mass is 190 g/mol. The minimum absolute atomic E-state index is 0.590. The zero-order valence-electron chi connectivity index (χ0n) is 8.90. The third-order valence-corrected chi connectivity index (χ3v) is 4.30. The summed E-state index contributed by atoms with van der Waals surface area (Å²) >= 11 is 0. The molecule has 1 heteroatoms. The lowest BCUT2D eigenvalue weighted by Crippen LogP contribution is -2.30. The van der Waals surface area contributed by atoms with E-state index in [1.54, 1.807) is 0 Å². The molecule has 3 aliphatic rings. The molecular weight excluding hydrogens is 172 g/mol. The molecule has 0 aromatic carbocycles. The Bertz CT molecular complexity index is 319. The summed E-state index contributed by atoms with van der Waals surface area (Å²) in [4.78, 5) is 0. The third kappa shape index (κ3) is 0.993. The molecule has 0 heterocycles. The summed E-state index contributed by atoms with van der Waals surface area (Å²) in [6.07, 6.45) is 9.60. The van der Waals surface area contributed by atoms with E-state index in [2.05, 4.69) is 18.2 Å². The molecule has 0 aliphatic heterocycles. The molecule has 0 aromatic rings. The number of hydrogen-bond donors (Lipinski definition) is 1. The van der Waals surface area contributed by atoms with E-state index in [4.69, 9.17) is 0 Å². The molecule has 3 rings (SSSR count). The van der Waals surface area contributed by atoms with Crippen LogP contribution in [0, 0.1) is 23.7 Å². The molecule has 1 N–H and O–H groups in total. The van der Waals surface area contributed by atoms with Crippen LogP contribution in [0.2, 0.25) is 0 Å². The van der Waals surface area contributed by atoms with Gasteiger partial charge < -0.3 is 5.11 Å². The van der Waals surface area contributed by atoms with Crippen molar-refractivity contribution < 1.29 is 5.11 Å². The lowest BCUT2D eigenvalue weighted by Gasteiger charge is -2.31. The average molecular weight is 190 g/mol. The van der Waals surface area contributed by atoms with Crippen LogP contribution in [0.3, 0.4) is 0 Å². The largest absolute Gasteiger partial charge is 0.386 e. The summed E-state index contributed by atoms with van der Waals surface area (Å²) in [7, 11) is 0. The Morgan fingerprint density at radius 2 is 2.21 bits per heavy atom. The fraction of sp³-hybridized carbons (Fsp3) is 0.692. The molecule has 4 atom stereocenters. The number of hydrogen-bond acceptors (Lipinski definition) is 1. The van der Waals surface area contributed by atoms with E-state index in [1.807, 2.05) is 13.8 Å². The lowest BCUT2D eigenvalue weighted by molar-refractivity contribution is 0.102. The Hall–Kier alpha value is -0.560. The van der Waals surface area contributed by atoms with Crippen LogP contribution in [-0.4, -0.2) is 10.7 Å². The molecule has 1 fully saturated rings. The van der Waals surface area contributed by atoms with E-state index in [0.717, 1.165) is 17.8 Å². The molecule has 2 bridgehead atoms. The summed E-state index contributed by atoms with van der Waals surface area (Å²) < 4.78 is 0. The zero-order chi connectivity index (χ0) is 9.92. The van der Waals surface area contributed by atoms with Gasteiger partial charge in [-0.25, -0.2) is 0 Å². The lowest BCUT2D eigenvalue weighted by atomic mass is 9.76. The van der Waals surface area contributed by atoms with Crippen molar-refractivity contribution in [1.82, 2.24) is 0 Å². The maximum atomic E-state index is 10.1. The molecule has 1 saturated carbocycles. The van der Waals surface area contributed by atoms with Crippen LogP contribution < -0.4 is 0 Å². The maximum absolute atomic E-state index is 10.1. The summed E-state index contributed by atoms with van der Waals surface area (Å²) in [5.74, 6) is 3.00. The van der Waals surface area contributed by atoms with E-state index >= 15 is 0 Å². The highest BCUT2D eigenvalue weighted by Gasteiger charge is 2.50. The Morgan fingerprint density at radius 1 is 1.43 bits per heavy atom. The molecule has 0 radical (unpaired) electrons. The predicted molar refractivity (Wildman–Crippen MR) is 56.7 cm³/mol. The van der Waals surface area contributed by atoms with E-state index in [0.29, 0.717) is 5.92 Å². The van der Waals surface area contributed by atoms with E-state index in [-0.39, 0.29) is 0 Å². The first-order valence-corrected chi connectivity index (χ1v) is 5.68. The van der Waals surface area contributed by atoms with Gasteiger partial charge in [0.15, 0.2) is 0 Å². The van der Waals surface area contributed by atoms with Gasteiger partial charge in [-0.2, -0.15) is 0 Å². The van der Waals surface area contributed by atoms with Crippen molar-refractivity contribution in [3.05, 3.63) is 23.8 Å². The number of rotatable bonds is 1. The molecule has 0 unspecified atom stereocenters. The van der Waals surface area contributed by atoms with Crippen molar-refractivity contribution in [1.29, 1.82) is 0 Å². The van der Waals surface area contributed by atoms with E-state index in [1.165, 1.54) is 18.4 Å². The normalized spacial score (nSPS) is 44.4. The molecular formula is C13H18O. The van der Waals surface area contributed by atoms with Crippen molar-refractivity contribution in [3.8, 4) is 0 Å². The minimum atomic E-state index is -0.590. The molecule has 14 heavy (non-hydrogen) atoms. The Labute approximate surface area is 85.5 Å². The van der Waals surface area contributed by atoms with Crippen LogP contribution >= 0.6 is 0 Å². The second kappa shape index (κ2) is 2.52. The van der Waals surface area contributed by atoms with Gasteiger partial charge in [-0.3, -0.25) is 0 Å². The molecule has 1 nitrogen and oxygen atoms in total. The van der Waals surface area contributed by atoms with Crippen LogP contribution in [0.5, 0.6) is 0 Å². The first-order chi connectivity index (χ1) is 6.57. The SMILES string of the molecule is CC(C)(O)C1=C[C@@H]2C[C@H]1[C@H]1CC=C[C@@H]12. The fourth-order valence-corrected chi connectivity index (χ4v) is 3.76. The highest BCUT2D eigenvalue weighted by molar-refractivity contribution is 5.33. The van der Waals surface area contributed by atoms with Gasteiger partial charge in [0.25, 0.3) is 0 Å². The standard InChI is InChI=1S/C13H18O/c1-13(2,14)12-7-8-6-11(12)10-5-3-4-9(8)10/h3-4,7-11,14H,5-6H2,1-2H3/t8-,9+,10-,11-/m0/s1. The average Bonchev–Trinajstić information content (AvgIpc) is 2.74. The molecule has 0 saturated heterocycles. The van der Waals surface area contributed by atoms with Crippen LogP contribution in [0.1, 0.15) is 26.7 Å². The van der Waals surface area contributed by atoms with Crippen molar-refractivity contribution >= 4 is 0 Å². The van der Waals surface area contributed by atoms with Gasteiger partial charge in [0, 0.05) is 0 Å². The van der Waals surface area contributed by atoms with Crippen LogP contribution in [0.4, 0.5) is 0 Å². The van der Waals surface area contributed by atoms with E-state index < -0.39 is 5.60 Å². The first-order valence-electron chi connectivity index (χ1n) is 5.68. The predicted octanol–water partition coefficient (Wildman–Crippen LogP) is 2.53. The van der Waals surface area contributed by atoms with Crippen LogP contribution in [0.15, 0.2) is 23.8 Å². The summed E-state index contributed by atoms with van der Waals surface area (Å²) in [6.45, 7) is 3.86. The Morgan fingerprint density at radius 3 is 2.93 bits per heavy atom. The van der Waals surface area contributed by atoms with Gasteiger partial charge >= 0.3 is 0 Å². The number of aliphatic hydroxyl groups is 1. The summed E-state index contributed by atoms with van der Waals surface area (Å²) in [6, 6.07) is 0. The summed E-state index contributed by atoms with van der Waals surface area (Å²) in [5.41, 5.74) is 0.722. The third-order valence-electron chi connectivity index (χ3n) is 4.30. The smallest absolute Gasteiger partial charge is 0.0803 e. The Balaban J connectivity index is 1.95. The van der Waals surface area contributed by atoms with Crippen molar-refractivity contribution in [2.24, 2.45) is 23.7 Å². The topological polar surface area (TPSA) is 20.2 Å². The fourth-order valence-electron chi connectivity index (χ4n) is 3.76. The molecule has 0 spiro atoms. The van der Waals surface area contributed by atoms with E-state index in [9.17, 15) is 5.11 Å². The van der Waals surface area contributed by atoms with Crippen molar-refractivity contribution in [2.45, 2.75) is 32.3 Å². The van der Waals surface area contributed by atoms with Gasteiger partial charge in [0.1, 0.15) is 0 Å². The van der Waals surface area contributed by atoms with Crippen LogP contribution in [0.25, 0.3) is 0 Å². The zero-order valence-corrected chi connectivity index (χ0v) is 8.90. The minimum Gasteiger partial charge on any atom is -0.386 e. The highest BCUT2D eigenvalue weighted by Crippen LogP contribution is 2.57. The first kappa shape index (κ1) is 8.72. The quantitative estimate of drug-likeness (QED) is 0.630. The molecule has 0 aromatic heterocycles. The van der Waals surface area contributed by atoms with Gasteiger partial charge in [0.2, 0.25) is 0 Å². The van der Waals surface area contributed by atoms with Crippen molar-refractivity contribution in [2.75, 3.05) is 0 Å². The maximum Gasteiger partial charge on any atom is 0.0803 e. The highest BCUT2D eigenvalue weighted by atomic mass is 16.3. The number of fused-ring (bicyclic) bond motifs is 5. The molecule has 76 valence electrons. The molecule has 0 amide bonds. The van der Waals surface area contributed by atoms with Crippen molar-refractivity contribution in [3.63, 3.8) is 0 Å². The number of allylic oxidation sites excluding steroid dienone is 3. The van der Waals surface area contributed by atoms with Gasteiger partial charge in [-0.1, -0.05) is 18.2 Å².